The minimum Gasteiger partial charge on any atom is -0.345 e. The van der Waals surface area contributed by atoms with Crippen molar-refractivity contribution in [3.05, 3.63) is 35.4 Å². The zero-order valence-electron chi connectivity index (χ0n) is 15.6. The van der Waals surface area contributed by atoms with Gasteiger partial charge in [0.15, 0.2) is 0 Å². The van der Waals surface area contributed by atoms with Gasteiger partial charge in [-0.3, -0.25) is 9.59 Å². The second-order valence-electron chi connectivity index (χ2n) is 6.83. The molecule has 1 aromatic rings. The van der Waals surface area contributed by atoms with Crippen molar-refractivity contribution in [1.29, 1.82) is 0 Å². The van der Waals surface area contributed by atoms with Crippen LogP contribution in [0.5, 0.6) is 0 Å². The molecule has 1 heterocycles. The van der Waals surface area contributed by atoms with E-state index in [1.165, 1.54) is 0 Å². The van der Waals surface area contributed by atoms with Crippen LogP contribution in [-0.4, -0.2) is 54.8 Å². The number of halogens is 1. The Bertz CT molecular complexity index is 575. The van der Waals surface area contributed by atoms with Gasteiger partial charge in [-0.15, -0.1) is 12.4 Å². The molecule has 6 heteroatoms. The third kappa shape index (κ3) is 5.72. The highest BCUT2D eigenvalue weighted by Gasteiger charge is 2.27. The molecule has 0 saturated carbocycles. The van der Waals surface area contributed by atoms with Gasteiger partial charge in [0, 0.05) is 44.7 Å². The number of nitrogens with zero attached hydrogens (tertiary/aromatic N) is 2. The maximum absolute atomic E-state index is 12.8. The van der Waals surface area contributed by atoms with E-state index in [2.05, 4.69) is 12.2 Å². The second kappa shape index (κ2) is 9.78. The number of benzene rings is 1. The highest BCUT2D eigenvalue weighted by molar-refractivity contribution is 5.93. The lowest BCUT2D eigenvalue weighted by molar-refractivity contribution is -0.137. The summed E-state index contributed by atoms with van der Waals surface area (Å²) in [5.41, 5.74) is 1.73. The first-order valence-corrected chi connectivity index (χ1v) is 8.75. The van der Waals surface area contributed by atoms with Gasteiger partial charge >= 0.3 is 0 Å². The summed E-state index contributed by atoms with van der Waals surface area (Å²) in [5, 5.41) is 3.39. The number of carbonyl (C=O) groups is 2. The molecular formula is C19H30ClN3O2. The summed E-state index contributed by atoms with van der Waals surface area (Å²) in [4.78, 5) is 28.2. The number of nitrogens with one attached hydrogen (secondary N) is 1. The lowest BCUT2D eigenvalue weighted by Gasteiger charge is -2.31. The fourth-order valence-corrected chi connectivity index (χ4v) is 3.19. The Morgan fingerprint density at radius 3 is 2.36 bits per heavy atom. The zero-order chi connectivity index (χ0) is 17.7. The minimum atomic E-state index is -0.00586. The predicted octanol–water partition coefficient (Wildman–Crippen LogP) is 2.55. The molecule has 1 aliphatic rings. The molecule has 2 atom stereocenters. The van der Waals surface area contributed by atoms with E-state index in [9.17, 15) is 9.59 Å². The maximum atomic E-state index is 12.8. The third-order valence-corrected chi connectivity index (χ3v) is 4.65. The van der Waals surface area contributed by atoms with Gasteiger partial charge in [-0.2, -0.15) is 0 Å². The smallest absolute Gasteiger partial charge is 0.253 e. The van der Waals surface area contributed by atoms with Crippen LogP contribution in [-0.2, 0) is 11.3 Å². The third-order valence-electron chi connectivity index (χ3n) is 4.65. The molecule has 0 bridgehead atoms. The topological polar surface area (TPSA) is 52.7 Å². The van der Waals surface area contributed by atoms with Gasteiger partial charge in [0.1, 0.15) is 0 Å². The lowest BCUT2D eigenvalue weighted by Crippen LogP contribution is -2.43. The van der Waals surface area contributed by atoms with Crippen LogP contribution >= 0.6 is 12.4 Å². The molecule has 2 amide bonds. The average molecular weight is 368 g/mol. The van der Waals surface area contributed by atoms with Crippen LogP contribution in [0.1, 0.15) is 42.6 Å². The Kier molecular flexibility index (Phi) is 8.39. The van der Waals surface area contributed by atoms with E-state index in [1.807, 2.05) is 36.1 Å². The lowest BCUT2D eigenvalue weighted by atomic mass is 9.92. The summed E-state index contributed by atoms with van der Waals surface area (Å²) in [6, 6.07) is 7.96. The van der Waals surface area contributed by atoms with Crippen LogP contribution in [0, 0.1) is 5.92 Å². The largest absolute Gasteiger partial charge is 0.345 e. The molecule has 140 valence electrons. The maximum Gasteiger partial charge on any atom is 0.253 e. The highest BCUT2D eigenvalue weighted by Crippen LogP contribution is 2.20. The normalized spacial score (nSPS) is 19.7. The van der Waals surface area contributed by atoms with E-state index in [0.29, 0.717) is 24.7 Å². The first-order chi connectivity index (χ1) is 11.4. The summed E-state index contributed by atoms with van der Waals surface area (Å²) in [6.07, 6.45) is 1.82. The average Bonchev–Trinajstić information content (AvgIpc) is 2.59. The Hall–Kier alpha value is -1.59. The number of hydrogen-bond donors (Lipinski definition) is 1. The number of hydrogen-bond acceptors (Lipinski definition) is 3. The van der Waals surface area contributed by atoms with Gasteiger partial charge in [0.2, 0.25) is 5.91 Å². The fraction of sp³-hybridized carbons (Fsp3) is 0.579. The van der Waals surface area contributed by atoms with Crippen LogP contribution in [0.2, 0.25) is 0 Å². The summed E-state index contributed by atoms with van der Waals surface area (Å²) in [7, 11) is 3.49. The monoisotopic (exact) mass is 367 g/mol. The van der Waals surface area contributed by atoms with E-state index in [1.54, 1.807) is 19.0 Å². The molecule has 0 spiro atoms. The van der Waals surface area contributed by atoms with Gasteiger partial charge in [0.05, 0.1) is 0 Å². The SMILES string of the molecule is CCN(Cc1ccc(C(=O)N(C)C)cc1)C(=O)[C@H]1CCN[C@@H](C)C1.Cl. The molecule has 1 fully saturated rings. The van der Waals surface area contributed by atoms with E-state index in [0.717, 1.165) is 24.9 Å². The van der Waals surface area contributed by atoms with E-state index in [-0.39, 0.29) is 30.1 Å². The molecule has 25 heavy (non-hydrogen) atoms. The molecule has 1 aliphatic heterocycles. The molecule has 2 rings (SSSR count). The van der Waals surface area contributed by atoms with Gasteiger partial charge < -0.3 is 15.1 Å². The van der Waals surface area contributed by atoms with Gasteiger partial charge in [-0.05, 0) is 50.9 Å². The molecule has 1 aromatic carbocycles. The number of amides is 2. The Balaban J connectivity index is 0.00000312. The second-order valence-corrected chi connectivity index (χ2v) is 6.83. The van der Waals surface area contributed by atoms with Crippen LogP contribution in [0.4, 0.5) is 0 Å². The van der Waals surface area contributed by atoms with Crippen LogP contribution < -0.4 is 5.32 Å². The first kappa shape index (κ1) is 21.5. The van der Waals surface area contributed by atoms with Crippen molar-refractivity contribution >= 4 is 24.2 Å². The molecule has 1 N–H and O–H groups in total. The summed E-state index contributed by atoms with van der Waals surface area (Å²) >= 11 is 0. The van der Waals surface area contributed by atoms with Gasteiger partial charge in [-0.1, -0.05) is 12.1 Å². The van der Waals surface area contributed by atoms with Gasteiger partial charge in [0.25, 0.3) is 5.91 Å². The van der Waals surface area contributed by atoms with Crippen molar-refractivity contribution in [2.24, 2.45) is 5.92 Å². The number of rotatable bonds is 5. The van der Waals surface area contributed by atoms with E-state index < -0.39 is 0 Å². The highest BCUT2D eigenvalue weighted by atomic mass is 35.5. The van der Waals surface area contributed by atoms with Gasteiger partial charge in [-0.25, -0.2) is 0 Å². The van der Waals surface area contributed by atoms with E-state index in [4.69, 9.17) is 0 Å². The Morgan fingerprint density at radius 1 is 1.20 bits per heavy atom. The van der Waals surface area contributed by atoms with Crippen molar-refractivity contribution in [3.63, 3.8) is 0 Å². The van der Waals surface area contributed by atoms with Crippen molar-refractivity contribution in [3.8, 4) is 0 Å². The molecule has 0 aliphatic carbocycles. The quantitative estimate of drug-likeness (QED) is 0.870. The van der Waals surface area contributed by atoms with Crippen molar-refractivity contribution < 1.29 is 9.59 Å². The number of carbonyl (C=O) groups excluding carboxylic acids is 2. The minimum absolute atomic E-state index is 0. The zero-order valence-corrected chi connectivity index (χ0v) is 16.4. The molecule has 0 aromatic heterocycles. The summed E-state index contributed by atoms with van der Waals surface area (Å²) in [6.45, 7) is 6.37. The first-order valence-electron chi connectivity index (χ1n) is 8.75. The molecule has 1 saturated heterocycles. The number of piperidine rings is 1. The predicted molar refractivity (Wildman–Crippen MR) is 103 cm³/mol. The molecule has 0 radical (unpaired) electrons. The van der Waals surface area contributed by atoms with Crippen LogP contribution in [0.15, 0.2) is 24.3 Å². The van der Waals surface area contributed by atoms with E-state index >= 15 is 0 Å². The molecule has 0 unspecified atom stereocenters. The summed E-state index contributed by atoms with van der Waals surface area (Å²) in [5.74, 6) is 0.365. The van der Waals surface area contributed by atoms with Crippen LogP contribution in [0.3, 0.4) is 0 Å². The van der Waals surface area contributed by atoms with Crippen molar-refractivity contribution in [2.45, 2.75) is 39.3 Å². The molecule has 5 nitrogen and oxygen atoms in total. The Labute approximate surface area is 157 Å². The fourth-order valence-electron chi connectivity index (χ4n) is 3.19. The molecular weight excluding hydrogens is 338 g/mol. The summed E-state index contributed by atoms with van der Waals surface area (Å²) < 4.78 is 0. The Morgan fingerprint density at radius 2 is 1.84 bits per heavy atom. The van der Waals surface area contributed by atoms with Crippen molar-refractivity contribution in [2.75, 3.05) is 27.2 Å². The van der Waals surface area contributed by atoms with Crippen molar-refractivity contribution in [1.82, 2.24) is 15.1 Å². The standard InChI is InChI=1S/C19H29N3O2.ClH/c1-5-22(19(24)17-10-11-20-14(2)12-17)13-15-6-8-16(9-7-15)18(23)21(3)4;/h6-9,14,17,20H,5,10-13H2,1-4H3;1H/t14-,17-;/m0./s1. The van der Waals surface area contributed by atoms with Crippen LogP contribution in [0.25, 0.3) is 0 Å².